The van der Waals surface area contributed by atoms with E-state index in [9.17, 15) is 13.2 Å². The molecule has 0 fully saturated rings. The van der Waals surface area contributed by atoms with Crippen LogP contribution in [0.2, 0.25) is 0 Å². The fourth-order valence-corrected chi connectivity index (χ4v) is 5.04. The number of carbonyl (C=O) groups is 1. The highest BCUT2D eigenvalue weighted by Gasteiger charge is 2.18. The van der Waals surface area contributed by atoms with Crippen molar-refractivity contribution in [1.29, 1.82) is 0 Å². The lowest BCUT2D eigenvalue weighted by Gasteiger charge is -2.19. The average Bonchev–Trinajstić information content (AvgIpc) is 3.49. The first-order valence-corrected chi connectivity index (χ1v) is 11.7. The molecular weight excluding hydrogens is 434 g/mol. The average molecular weight is 454 g/mol. The van der Waals surface area contributed by atoms with Crippen molar-refractivity contribution < 1.29 is 13.2 Å². The third kappa shape index (κ3) is 5.16. The number of rotatable bonds is 8. The third-order valence-electron chi connectivity index (χ3n) is 4.50. The Morgan fingerprint density at radius 2 is 1.81 bits per heavy atom. The van der Waals surface area contributed by atoms with Crippen molar-refractivity contribution >= 4 is 33.0 Å². The highest BCUT2D eigenvalue weighted by molar-refractivity contribution is 7.94. The van der Waals surface area contributed by atoms with Crippen LogP contribution in [0.3, 0.4) is 0 Å². The number of nitrogens with zero attached hydrogens (tertiary/aromatic N) is 3. The number of sulfonamides is 1. The van der Waals surface area contributed by atoms with Crippen LogP contribution < -0.4 is 10.0 Å². The minimum Gasteiger partial charge on any atom is -0.343 e. The summed E-state index contributed by atoms with van der Waals surface area (Å²) < 4.78 is 29.1. The molecule has 0 saturated carbocycles. The first kappa shape index (κ1) is 20.8. The summed E-state index contributed by atoms with van der Waals surface area (Å²) >= 11 is 1.14. The quantitative estimate of drug-likeness (QED) is 0.426. The van der Waals surface area contributed by atoms with Crippen LogP contribution >= 0.6 is 11.3 Å². The van der Waals surface area contributed by atoms with Gasteiger partial charge in [-0.1, -0.05) is 36.4 Å². The first-order valence-electron chi connectivity index (χ1n) is 9.36. The summed E-state index contributed by atoms with van der Waals surface area (Å²) in [6.07, 6.45) is 3.04. The Labute approximate surface area is 183 Å². The van der Waals surface area contributed by atoms with Crippen LogP contribution in [0.5, 0.6) is 0 Å². The third-order valence-corrected chi connectivity index (χ3v) is 7.28. The molecule has 31 heavy (non-hydrogen) atoms. The van der Waals surface area contributed by atoms with Crippen LogP contribution in [-0.4, -0.2) is 29.1 Å². The van der Waals surface area contributed by atoms with Crippen molar-refractivity contribution in [3.05, 3.63) is 95.9 Å². The standard InChI is InChI=1S/C21H19N5O3S2/c27-21(24-19(13-26-15-22-14-23-26)16-5-2-1-3-6-16)17-8-10-18(11-9-17)25-31(28,29)20-7-4-12-30-20/h1-12,14-15,19,25H,13H2,(H,24,27). The van der Waals surface area contributed by atoms with Crippen LogP contribution in [0.1, 0.15) is 22.0 Å². The predicted octanol–water partition coefficient (Wildman–Crippen LogP) is 3.31. The maximum absolute atomic E-state index is 12.8. The molecule has 0 aliphatic heterocycles. The molecule has 158 valence electrons. The van der Waals surface area contributed by atoms with Gasteiger partial charge in [0, 0.05) is 11.3 Å². The zero-order chi connectivity index (χ0) is 21.7. The Bertz CT molecular complexity index is 1220. The van der Waals surface area contributed by atoms with Gasteiger partial charge in [-0.15, -0.1) is 11.3 Å². The van der Waals surface area contributed by atoms with E-state index in [1.54, 1.807) is 46.7 Å². The van der Waals surface area contributed by atoms with Gasteiger partial charge >= 0.3 is 0 Å². The normalized spacial score (nSPS) is 12.3. The SMILES string of the molecule is O=C(NC(Cn1cncn1)c1ccccc1)c1ccc(NS(=O)(=O)c2cccs2)cc1. The van der Waals surface area contributed by atoms with Gasteiger partial charge in [-0.2, -0.15) is 5.10 Å². The summed E-state index contributed by atoms with van der Waals surface area (Å²) in [6.45, 7) is 0.425. The summed E-state index contributed by atoms with van der Waals surface area (Å²) in [5, 5.41) is 8.83. The van der Waals surface area contributed by atoms with Gasteiger partial charge in [-0.25, -0.2) is 13.4 Å². The van der Waals surface area contributed by atoms with Crippen molar-refractivity contribution in [3.63, 3.8) is 0 Å². The number of hydrogen-bond donors (Lipinski definition) is 2. The van der Waals surface area contributed by atoms with Gasteiger partial charge in [0.15, 0.2) is 0 Å². The minimum absolute atomic E-state index is 0.230. The Morgan fingerprint density at radius 3 is 2.45 bits per heavy atom. The molecule has 2 N–H and O–H groups in total. The molecule has 0 saturated heterocycles. The molecule has 2 aromatic heterocycles. The smallest absolute Gasteiger partial charge is 0.271 e. The zero-order valence-corrected chi connectivity index (χ0v) is 17.9. The van der Waals surface area contributed by atoms with Crippen molar-refractivity contribution in [3.8, 4) is 0 Å². The van der Waals surface area contributed by atoms with E-state index in [1.807, 2.05) is 30.3 Å². The molecule has 0 spiro atoms. The highest BCUT2D eigenvalue weighted by atomic mass is 32.2. The van der Waals surface area contributed by atoms with Gasteiger partial charge in [0.2, 0.25) is 0 Å². The second-order valence-electron chi connectivity index (χ2n) is 6.67. The number of nitrogens with one attached hydrogen (secondary N) is 2. The number of benzene rings is 2. The van der Waals surface area contributed by atoms with Gasteiger partial charge in [-0.3, -0.25) is 14.2 Å². The zero-order valence-electron chi connectivity index (χ0n) is 16.3. The molecule has 2 heterocycles. The Kier molecular flexibility index (Phi) is 6.10. The first-order chi connectivity index (χ1) is 15.0. The largest absolute Gasteiger partial charge is 0.343 e. The lowest BCUT2D eigenvalue weighted by molar-refractivity contribution is 0.0932. The van der Waals surface area contributed by atoms with Gasteiger partial charge in [0.25, 0.3) is 15.9 Å². The second kappa shape index (κ2) is 9.11. The van der Waals surface area contributed by atoms with E-state index < -0.39 is 10.0 Å². The topological polar surface area (TPSA) is 106 Å². The number of anilines is 1. The van der Waals surface area contributed by atoms with E-state index >= 15 is 0 Å². The van der Waals surface area contributed by atoms with Crippen molar-refractivity contribution in [2.45, 2.75) is 16.8 Å². The van der Waals surface area contributed by atoms with E-state index in [2.05, 4.69) is 20.1 Å². The number of hydrogen-bond acceptors (Lipinski definition) is 6. The molecule has 4 rings (SSSR count). The van der Waals surface area contributed by atoms with Crippen molar-refractivity contribution in [2.24, 2.45) is 0 Å². The predicted molar refractivity (Wildman–Crippen MR) is 118 cm³/mol. The molecule has 1 unspecified atom stereocenters. The molecule has 1 amide bonds. The van der Waals surface area contributed by atoms with E-state index in [0.29, 0.717) is 17.8 Å². The van der Waals surface area contributed by atoms with Crippen LogP contribution in [0.15, 0.2) is 89.0 Å². The molecule has 4 aromatic rings. The van der Waals surface area contributed by atoms with Crippen molar-refractivity contribution in [1.82, 2.24) is 20.1 Å². The Balaban J connectivity index is 1.47. The molecule has 0 aliphatic carbocycles. The number of aromatic nitrogens is 3. The van der Waals surface area contributed by atoms with Crippen LogP contribution in [0.25, 0.3) is 0 Å². The lowest BCUT2D eigenvalue weighted by atomic mass is 10.1. The Morgan fingerprint density at radius 1 is 1.03 bits per heavy atom. The molecule has 2 aromatic carbocycles. The summed E-state index contributed by atoms with van der Waals surface area (Å²) in [6, 6.07) is 18.8. The number of carbonyl (C=O) groups excluding carboxylic acids is 1. The van der Waals surface area contributed by atoms with Gasteiger partial charge < -0.3 is 5.32 Å². The van der Waals surface area contributed by atoms with Gasteiger partial charge in [0.1, 0.15) is 16.9 Å². The summed E-state index contributed by atoms with van der Waals surface area (Å²) in [4.78, 5) is 16.8. The van der Waals surface area contributed by atoms with Crippen LogP contribution in [0, 0.1) is 0 Å². The summed E-state index contributed by atoms with van der Waals surface area (Å²) in [5.41, 5.74) is 1.73. The monoisotopic (exact) mass is 453 g/mol. The van der Waals surface area contributed by atoms with E-state index in [4.69, 9.17) is 0 Å². The fraction of sp³-hybridized carbons (Fsp3) is 0.0952. The maximum atomic E-state index is 12.8. The summed E-state index contributed by atoms with van der Waals surface area (Å²) in [5.74, 6) is -0.276. The molecule has 0 bridgehead atoms. The molecule has 10 heteroatoms. The van der Waals surface area contributed by atoms with Gasteiger partial charge in [0.05, 0.1) is 12.6 Å². The summed E-state index contributed by atoms with van der Waals surface area (Å²) in [7, 11) is -3.63. The molecule has 1 atom stereocenters. The van der Waals surface area contributed by atoms with Gasteiger partial charge in [-0.05, 0) is 41.3 Å². The second-order valence-corrected chi connectivity index (χ2v) is 9.53. The van der Waals surface area contributed by atoms with E-state index in [0.717, 1.165) is 16.9 Å². The lowest BCUT2D eigenvalue weighted by Crippen LogP contribution is -2.31. The minimum atomic E-state index is -3.63. The van der Waals surface area contributed by atoms with Crippen molar-refractivity contribution in [2.75, 3.05) is 4.72 Å². The molecular formula is C21H19N5O3S2. The molecule has 0 radical (unpaired) electrons. The molecule has 8 nitrogen and oxygen atoms in total. The number of amides is 1. The van der Waals surface area contributed by atoms with E-state index in [-0.39, 0.29) is 16.2 Å². The fourth-order valence-electron chi connectivity index (χ4n) is 2.99. The highest BCUT2D eigenvalue weighted by Crippen LogP contribution is 2.21. The number of thiophene rings is 1. The Hall–Kier alpha value is -3.50. The maximum Gasteiger partial charge on any atom is 0.271 e. The molecule has 0 aliphatic rings. The van der Waals surface area contributed by atoms with Crippen LogP contribution in [-0.2, 0) is 16.6 Å². The van der Waals surface area contributed by atoms with Crippen LogP contribution in [0.4, 0.5) is 5.69 Å². The van der Waals surface area contributed by atoms with E-state index in [1.165, 1.54) is 12.4 Å².